The lowest BCUT2D eigenvalue weighted by molar-refractivity contribution is -0.0440. The molecule has 124 valence electrons. The van der Waals surface area contributed by atoms with E-state index in [-0.39, 0.29) is 12.2 Å². The number of nitrogens with zero attached hydrogens (tertiary/aromatic N) is 1. The summed E-state index contributed by atoms with van der Waals surface area (Å²) in [6, 6.07) is 3.51. The smallest absolute Gasteiger partial charge is 0.243 e. The van der Waals surface area contributed by atoms with E-state index in [0.717, 1.165) is 11.1 Å². The third-order valence-corrected chi connectivity index (χ3v) is 5.75. The quantitative estimate of drug-likeness (QED) is 0.852. The predicted octanol–water partition coefficient (Wildman–Crippen LogP) is 2.50. The molecule has 22 heavy (non-hydrogen) atoms. The van der Waals surface area contributed by atoms with Gasteiger partial charge >= 0.3 is 0 Å². The summed E-state index contributed by atoms with van der Waals surface area (Å²) in [5.74, 6) is 0.626. The highest BCUT2D eigenvalue weighted by molar-refractivity contribution is 7.89. The van der Waals surface area contributed by atoms with Crippen LogP contribution in [0.4, 0.5) is 0 Å². The van der Waals surface area contributed by atoms with Gasteiger partial charge in [0.05, 0.1) is 23.7 Å². The fourth-order valence-electron chi connectivity index (χ4n) is 2.87. The van der Waals surface area contributed by atoms with Crippen LogP contribution in [0.2, 0.25) is 0 Å². The Bertz CT molecular complexity index is 632. The van der Waals surface area contributed by atoms with Gasteiger partial charge in [0.25, 0.3) is 0 Å². The molecular formula is C16H25NO4S. The Hall–Kier alpha value is -1.11. The van der Waals surface area contributed by atoms with Crippen LogP contribution >= 0.6 is 0 Å². The molecule has 0 unspecified atom stereocenters. The van der Waals surface area contributed by atoms with Crippen LogP contribution in [0.15, 0.2) is 17.0 Å². The van der Waals surface area contributed by atoms with Crippen LogP contribution in [-0.2, 0) is 14.8 Å². The molecule has 2 atom stereocenters. The van der Waals surface area contributed by atoms with E-state index in [1.165, 1.54) is 4.31 Å². The van der Waals surface area contributed by atoms with Gasteiger partial charge in [-0.05, 0) is 45.7 Å². The molecular weight excluding hydrogens is 302 g/mol. The molecule has 1 aliphatic heterocycles. The van der Waals surface area contributed by atoms with Crippen molar-refractivity contribution >= 4 is 10.0 Å². The van der Waals surface area contributed by atoms with Crippen molar-refractivity contribution in [1.82, 2.24) is 4.31 Å². The van der Waals surface area contributed by atoms with Crippen molar-refractivity contribution in [2.45, 2.75) is 51.7 Å². The van der Waals surface area contributed by atoms with Crippen molar-refractivity contribution in [3.8, 4) is 5.75 Å². The monoisotopic (exact) mass is 327 g/mol. The maximum atomic E-state index is 13.0. The average Bonchev–Trinajstić information content (AvgIpc) is 2.40. The Morgan fingerprint density at radius 1 is 1.18 bits per heavy atom. The molecule has 0 N–H and O–H groups in total. The average molecular weight is 327 g/mol. The fourth-order valence-corrected chi connectivity index (χ4v) is 4.68. The topological polar surface area (TPSA) is 55.8 Å². The summed E-state index contributed by atoms with van der Waals surface area (Å²) >= 11 is 0. The van der Waals surface area contributed by atoms with Gasteiger partial charge in [-0.25, -0.2) is 8.42 Å². The summed E-state index contributed by atoms with van der Waals surface area (Å²) in [5, 5.41) is 0. The molecule has 1 aromatic carbocycles. The highest BCUT2D eigenvalue weighted by Crippen LogP contribution is 2.29. The number of morpholine rings is 1. The fraction of sp³-hybridized carbons (Fsp3) is 0.625. The zero-order valence-electron chi connectivity index (χ0n) is 13.9. The van der Waals surface area contributed by atoms with Crippen molar-refractivity contribution in [2.75, 3.05) is 19.7 Å². The first-order chi connectivity index (χ1) is 10.3. The van der Waals surface area contributed by atoms with Crippen LogP contribution in [0.3, 0.4) is 0 Å². The van der Waals surface area contributed by atoms with Gasteiger partial charge in [0.15, 0.2) is 0 Å². The summed E-state index contributed by atoms with van der Waals surface area (Å²) in [7, 11) is -3.54. The van der Waals surface area contributed by atoms with Crippen molar-refractivity contribution in [2.24, 2.45) is 0 Å². The first-order valence-corrected chi connectivity index (χ1v) is 9.09. The first kappa shape index (κ1) is 17.2. The highest BCUT2D eigenvalue weighted by atomic mass is 32.2. The van der Waals surface area contributed by atoms with Crippen LogP contribution in [0, 0.1) is 13.8 Å². The minimum atomic E-state index is -3.54. The normalized spacial score (nSPS) is 23.5. The van der Waals surface area contributed by atoms with Gasteiger partial charge in [-0.15, -0.1) is 0 Å². The Labute approximate surface area is 133 Å². The Kier molecular flexibility index (Phi) is 5.14. The third-order valence-electron chi connectivity index (χ3n) is 3.78. The molecule has 0 aromatic heterocycles. The van der Waals surface area contributed by atoms with E-state index in [0.29, 0.717) is 30.3 Å². The molecule has 1 saturated heterocycles. The third kappa shape index (κ3) is 3.45. The second-order valence-corrected chi connectivity index (χ2v) is 7.80. The molecule has 6 heteroatoms. The van der Waals surface area contributed by atoms with Gasteiger partial charge < -0.3 is 9.47 Å². The Balaban J connectivity index is 2.42. The van der Waals surface area contributed by atoms with Crippen molar-refractivity contribution < 1.29 is 17.9 Å². The number of sulfonamides is 1. The molecule has 1 fully saturated rings. The van der Waals surface area contributed by atoms with Crippen molar-refractivity contribution in [3.05, 3.63) is 23.3 Å². The van der Waals surface area contributed by atoms with Gasteiger partial charge in [0, 0.05) is 19.2 Å². The Morgan fingerprint density at radius 2 is 1.77 bits per heavy atom. The van der Waals surface area contributed by atoms with Gasteiger partial charge in [-0.2, -0.15) is 4.31 Å². The maximum absolute atomic E-state index is 13.0. The molecule has 0 saturated carbocycles. The summed E-state index contributed by atoms with van der Waals surface area (Å²) in [4.78, 5) is 0.322. The number of aryl methyl sites for hydroxylation is 2. The van der Waals surface area contributed by atoms with E-state index in [4.69, 9.17) is 9.47 Å². The molecule has 1 aromatic rings. The van der Waals surface area contributed by atoms with Crippen LogP contribution in [0.25, 0.3) is 0 Å². The maximum Gasteiger partial charge on any atom is 0.243 e. The Morgan fingerprint density at radius 3 is 2.32 bits per heavy atom. The minimum Gasteiger partial charge on any atom is -0.494 e. The second kappa shape index (κ2) is 6.56. The summed E-state index contributed by atoms with van der Waals surface area (Å²) in [5.41, 5.74) is 1.69. The van der Waals surface area contributed by atoms with Gasteiger partial charge in [-0.3, -0.25) is 0 Å². The van der Waals surface area contributed by atoms with E-state index in [1.807, 2.05) is 40.7 Å². The minimum absolute atomic E-state index is 0.101. The van der Waals surface area contributed by atoms with Crippen molar-refractivity contribution in [3.63, 3.8) is 0 Å². The van der Waals surface area contributed by atoms with Crippen LogP contribution in [-0.4, -0.2) is 44.6 Å². The zero-order valence-corrected chi connectivity index (χ0v) is 14.7. The van der Waals surface area contributed by atoms with Gasteiger partial charge in [0.2, 0.25) is 10.0 Å². The molecule has 0 spiro atoms. The van der Waals surface area contributed by atoms with E-state index in [1.54, 1.807) is 6.07 Å². The lowest BCUT2D eigenvalue weighted by atomic mass is 10.1. The molecule has 0 bridgehead atoms. The standard InChI is InChI=1S/C16H25NO4S/c1-6-20-15-8-16(12(3)7-11(15)2)22(18,19)17-9-13(4)21-14(5)10-17/h7-8,13-14H,6,9-10H2,1-5H3/t13-,14-/m0/s1. The molecule has 1 aliphatic rings. The number of ether oxygens (including phenoxy) is 2. The highest BCUT2D eigenvalue weighted by Gasteiger charge is 2.33. The number of hydrogen-bond acceptors (Lipinski definition) is 4. The number of rotatable bonds is 4. The molecule has 0 radical (unpaired) electrons. The van der Waals surface area contributed by atoms with Crippen molar-refractivity contribution in [1.29, 1.82) is 0 Å². The van der Waals surface area contributed by atoms with E-state index < -0.39 is 10.0 Å². The molecule has 1 heterocycles. The summed E-state index contributed by atoms with van der Waals surface area (Å²) in [6.07, 6.45) is -0.203. The molecule has 0 aliphatic carbocycles. The number of benzene rings is 1. The second-order valence-electron chi connectivity index (χ2n) is 5.90. The van der Waals surface area contributed by atoms with Gasteiger partial charge in [-0.1, -0.05) is 6.07 Å². The lowest BCUT2D eigenvalue weighted by Crippen LogP contribution is -2.48. The van der Waals surface area contributed by atoms with E-state index in [9.17, 15) is 8.42 Å². The first-order valence-electron chi connectivity index (χ1n) is 7.65. The predicted molar refractivity (Wildman–Crippen MR) is 85.9 cm³/mol. The summed E-state index contributed by atoms with van der Waals surface area (Å²) in [6.45, 7) is 10.7. The largest absolute Gasteiger partial charge is 0.494 e. The molecule has 0 amide bonds. The SMILES string of the molecule is CCOc1cc(S(=O)(=O)N2C[C@H](C)O[C@@H](C)C2)c(C)cc1C. The molecule has 2 rings (SSSR count). The summed E-state index contributed by atoms with van der Waals surface area (Å²) < 4.78 is 38.7. The lowest BCUT2D eigenvalue weighted by Gasteiger charge is -2.34. The van der Waals surface area contributed by atoms with E-state index in [2.05, 4.69) is 0 Å². The van der Waals surface area contributed by atoms with Crippen LogP contribution in [0.5, 0.6) is 5.75 Å². The van der Waals surface area contributed by atoms with Crippen LogP contribution in [0.1, 0.15) is 31.9 Å². The van der Waals surface area contributed by atoms with E-state index >= 15 is 0 Å². The molecule has 5 nitrogen and oxygen atoms in total. The van der Waals surface area contributed by atoms with Crippen LogP contribution < -0.4 is 4.74 Å². The zero-order chi connectivity index (χ0) is 16.5. The number of hydrogen-bond donors (Lipinski definition) is 0. The van der Waals surface area contributed by atoms with Gasteiger partial charge in [0.1, 0.15) is 5.75 Å².